The fourth-order valence-electron chi connectivity index (χ4n) is 2.53. The second kappa shape index (κ2) is 7.66. The van der Waals surface area contributed by atoms with E-state index in [-0.39, 0.29) is 12.0 Å². The van der Waals surface area contributed by atoms with Gasteiger partial charge in [-0.3, -0.25) is 4.79 Å². The molecule has 1 aliphatic heterocycles. The van der Waals surface area contributed by atoms with Gasteiger partial charge in [-0.05, 0) is 43.9 Å². The zero-order chi connectivity index (χ0) is 15.2. The Hall–Kier alpha value is -1.26. The smallest absolute Gasteiger partial charge is 0.257 e. The number of halogens is 1. The van der Waals surface area contributed by atoms with Crippen molar-refractivity contribution in [3.05, 3.63) is 28.8 Å². The summed E-state index contributed by atoms with van der Waals surface area (Å²) in [7, 11) is 3.35. The molecule has 1 atom stereocenters. The molecule has 0 N–H and O–H groups in total. The van der Waals surface area contributed by atoms with Gasteiger partial charge in [-0.1, -0.05) is 11.6 Å². The van der Waals surface area contributed by atoms with E-state index < -0.39 is 0 Å². The Bertz CT molecular complexity index is 486. The molecule has 4 nitrogen and oxygen atoms in total. The number of rotatable bonds is 5. The van der Waals surface area contributed by atoms with Crippen molar-refractivity contribution < 1.29 is 14.3 Å². The number of carbonyl (C=O) groups is 1. The molecule has 0 aromatic heterocycles. The molecule has 1 aliphatic rings. The Morgan fingerprint density at radius 2 is 2.29 bits per heavy atom. The van der Waals surface area contributed by atoms with Gasteiger partial charge in [0.15, 0.2) is 0 Å². The van der Waals surface area contributed by atoms with Crippen LogP contribution in [-0.2, 0) is 4.74 Å². The highest BCUT2D eigenvalue weighted by atomic mass is 35.5. The van der Waals surface area contributed by atoms with Crippen LogP contribution in [-0.4, -0.2) is 44.2 Å². The summed E-state index contributed by atoms with van der Waals surface area (Å²) in [5, 5.41) is 0.531. The monoisotopic (exact) mass is 311 g/mol. The van der Waals surface area contributed by atoms with Crippen LogP contribution in [0.25, 0.3) is 0 Å². The van der Waals surface area contributed by atoms with Gasteiger partial charge in [-0.25, -0.2) is 0 Å². The van der Waals surface area contributed by atoms with Gasteiger partial charge in [0, 0.05) is 25.2 Å². The van der Waals surface area contributed by atoms with Gasteiger partial charge < -0.3 is 14.4 Å². The quantitative estimate of drug-likeness (QED) is 0.837. The largest absolute Gasteiger partial charge is 0.496 e. The molecule has 0 saturated carbocycles. The minimum Gasteiger partial charge on any atom is -0.496 e. The Labute approximate surface area is 131 Å². The highest BCUT2D eigenvalue weighted by molar-refractivity contribution is 6.31. The summed E-state index contributed by atoms with van der Waals surface area (Å²) in [6, 6.07) is 5.08. The highest BCUT2D eigenvalue weighted by Crippen LogP contribution is 2.24. The van der Waals surface area contributed by atoms with E-state index in [0.29, 0.717) is 22.9 Å². The highest BCUT2D eigenvalue weighted by Gasteiger charge is 2.19. The maximum Gasteiger partial charge on any atom is 0.257 e. The van der Waals surface area contributed by atoms with Crippen molar-refractivity contribution in [3.8, 4) is 5.75 Å². The lowest BCUT2D eigenvalue weighted by Gasteiger charge is -2.25. The molecule has 1 fully saturated rings. The third-order valence-corrected chi connectivity index (χ3v) is 4.03. The molecule has 1 aromatic rings. The lowest BCUT2D eigenvalue weighted by molar-refractivity contribution is 0.00707. The van der Waals surface area contributed by atoms with Gasteiger partial charge in [-0.15, -0.1) is 0 Å². The summed E-state index contributed by atoms with van der Waals surface area (Å²) in [5.41, 5.74) is 0.497. The third kappa shape index (κ3) is 4.35. The molecular weight excluding hydrogens is 290 g/mol. The number of hydrogen-bond acceptors (Lipinski definition) is 3. The molecule has 21 heavy (non-hydrogen) atoms. The molecule has 116 valence electrons. The first-order valence-electron chi connectivity index (χ1n) is 7.32. The summed E-state index contributed by atoms with van der Waals surface area (Å²) in [5.74, 6) is 0.468. The van der Waals surface area contributed by atoms with E-state index in [1.807, 2.05) is 0 Å². The van der Waals surface area contributed by atoms with E-state index in [1.54, 1.807) is 37.3 Å². The van der Waals surface area contributed by atoms with Crippen molar-refractivity contribution in [2.24, 2.45) is 0 Å². The minimum absolute atomic E-state index is 0.0786. The first kappa shape index (κ1) is 16.1. The maximum absolute atomic E-state index is 12.5. The van der Waals surface area contributed by atoms with Gasteiger partial charge in [-0.2, -0.15) is 0 Å². The predicted octanol–water partition coefficient (Wildman–Crippen LogP) is 3.38. The minimum atomic E-state index is -0.0786. The molecule has 2 rings (SSSR count). The summed E-state index contributed by atoms with van der Waals surface area (Å²) in [6.07, 6.45) is 4.58. The summed E-state index contributed by atoms with van der Waals surface area (Å²) in [4.78, 5) is 14.2. The predicted molar refractivity (Wildman–Crippen MR) is 83.2 cm³/mol. The van der Waals surface area contributed by atoms with Crippen molar-refractivity contribution in [1.82, 2.24) is 4.90 Å². The van der Waals surface area contributed by atoms with Gasteiger partial charge in [0.25, 0.3) is 5.91 Å². The molecule has 5 heteroatoms. The fraction of sp³-hybridized carbons (Fsp3) is 0.562. The number of ether oxygens (including phenoxy) is 2. The molecule has 1 saturated heterocycles. The van der Waals surface area contributed by atoms with Crippen LogP contribution >= 0.6 is 11.6 Å². The number of carbonyl (C=O) groups excluding carboxylic acids is 1. The molecule has 1 amide bonds. The lowest BCUT2D eigenvalue weighted by Crippen LogP contribution is -2.31. The van der Waals surface area contributed by atoms with E-state index >= 15 is 0 Å². The summed E-state index contributed by atoms with van der Waals surface area (Å²) < 4.78 is 10.9. The Kier molecular flexibility index (Phi) is 5.88. The van der Waals surface area contributed by atoms with Crippen LogP contribution < -0.4 is 4.74 Å². The van der Waals surface area contributed by atoms with Gasteiger partial charge in [0.2, 0.25) is 0 Å². The van der Waals surface area contributed by atoms with Crippen LogP contribution in [0, 0.1) is 0 Å². The third-order valence-electron chi connectivity index (χ3n) is 3.80. The van der Waals surface area contributed by atoms with E-state index in [1.165, 1.54) is 6.42 Å². The van der Waals surface area contributed by atoms with Crippen LogP contribution in [0.1, 0.15) is 36.0 Å². The molecule has 0 radical (unpaired) electrons. The first-order valence-corrected chi connectivity index (χ1v) is 7.70. The normalized spacial score (nSPS) is 18.3. The van der Waals surface area contributed by atoms with Crippen LogP contribution in [0.2, 0.25) is 5.02 Å². The number of hydrogen-bond donors (Lipinski definition) is 0. The zero-order valence-electron chi connectivity index (χ0n) is 12.6. The second-order valence-electron chi connectivity index (χ2n) is 5.35. The van der Waals surface area contributed by atoms with Crippen LogP contribution in [0.3, 0.4) is 0 Å². The summed E-state index contributed by atoms with van der Waals surface area (Å²) in [6.45, 7) is 1.50. The fourth-order valence-corrected chi connectivity index (χ4v) is 2.70. The first-order chi connectivity index (χ1) is 10.1. The van der Waals surface area contributed by atoms with Crippen molar-refractivity contribution in [1.29, 1.82) is 0 Å². The van der Waals surface area contributed by atoms with E-state index in [0.717, 1.165) is 25.9 Å². The average molecular weight is 312 g/mol. The number of nitrogens with zero attached hydrogens (tertiary/aromatic N) is 1. The number of methoxy groups -OCH3 is 1. The van der Waals surface area contributed by atoms with Crippen molar-refractivity contribution in [2.45, 2.75) is 31.8 Å². The molecule has 1 heterocycles. The SMILES string of the molecule is COc1ccc(Cl)cc1C(=O)N(C)CC[C@@H]1CCCCO1. The van der Waals surface area contributed by atoms with Crippen LogP contribution in [0.15, 0.2) is 18.2 Å². The lowest BCUT2D eigenvalue weighted by atomic mass is 10.1. The van der Waals surface area contributed by atoms with E-state index in [2.05, 4.69) is 0 Å². The van der Waals surface area contributed by atoms with Crippen molar-refractivity contribution in [3.63, 3.8) is 0 Å². The number of benzene rings is 1. The van der Waals surface area contributed by atoms with Gasteiger partial charge in [0.1, 0.15) is 5.75 Å². The molecule has 0 aliphatic carbocycles. The standard InChI is InChI=1S/C16H22ClNO3/c1-18(9-8-13-5-3-4-10-21-13)16(19)14-11-12(17)6-7-15(14)20-2/h6-7,11,13H,3-5,8-10H2,1-2H3/t13-/m0/s1. The molecule has 0 unspecified atom stereocenters. The Morgan fingerprint density at radius 3 is 2.95 bits per heavy atom. The molecule has 1 aromatic carbocycles. The number of amides is 1. The maximum atomic E-state index is 12.5. The van der Waals surface area contributed by atoms with Crippen molar-refractivity contribution >= 4 is 17.5 Å². The van der Waals surface area contributed by atoms with Crippen molar-refractivity contribution in [2.75, 3.05) is 27.3 Å². The molecule has 0 bridgehead atoms. The van der Waals surface area contributed by atoms with E-state index in [4.69, 9.17) is 21.1 Å². The van der Waals surface area contributed by atoms with Crippen LogP contribution in [0.5, 0.6) is 5.75 Å². The second-order valence-corrected chi connectivity index (χ2v) is 5.79. The topological polar surface area (TPSA) is 38.8 Å². The molecular formula is C16H22ClNO3. The average Bonchev–Trinajstić information content (AvgIpc) is 2.52. The van der Waals surface area contributed by atoms with Gasteiger partial charge in [0.05, 0.1) is 18.8 Å². The Balaban J connectivity index is 1.96. The van der Waals surface area contributed by atoms with E-state index in [9.17, 15) is 4.79 Å². The summed E-state index contributed by atoms with van der Waals surface area (Å²) >= 11 is 5.98. The van der Waals surface area contributed by atoms with Crippen LogP contribution in [0.4, 0.5) is 0 Å². The zero-order valence-corrected chi connectivity index (χ0v) is 13.4. The Morgan fingerprint density at radius 1 is 1.48 bits per heavy atom. The van der Waals surface area contributed by atoms with Gasteiger partial charge >= 0.3 is 0 Å². The molecule has 0 spiro atoms.